The number of para-hydroxylation sites is 1. The van der Waals surface area contributed by atoms with E-state index in [4.69, 9.17) is 4.74 Å². The average Bonchev–Trinajstić information content (AvgIpc) is 3.34. The standard InChI is InChI=1S/C24H28N4O3/c1-31-19-8-6-7-18(15-19)22(27-12-4-5-13-27)16-25-23(29)11-14-28-17-26-21-10-3-2-9-20(21)24(28)30/h2-3,6-10,15,17,22H,4-5,11-14,16H2,1H3,(H,25,29). The minimum atomic E-state index is -0.121. The number of aryl methyl sites for hydroxylation is 1. The summed E-state index contributed by atoms with van der Waals surface area (Å²) in [6.07, 6.45) is 4.09. The largest absolute Gasteiger partial charge is 0.497 e. The van der Waals surface area contributed by atoms with Gasteiger partial charge in [-0.2, -0.15) is 0 Å². The van der Waals surface area contributed by atoms with E-state index in [0.29, 0.717) is 24.0 Å². The maximum absolute atomic E-state index is 12.6. The highest BCUT2D eigenvalue weighted by Gasteiger charge is 2.24. The van der Waals surface area contributed by atoms with Crippen LogP contribution in [0.25, 0.3) is 10.9 Å². The molecule has 7 nitrogen and oxygen atoms in total. The highest BCUT2D eigenvalue weighted by molar-refractivity contribution is 5.77. The maximum atomic E-state index is 12.6. The van der Waals surface area contributed by atoms with Crippen molar-refractivity contribution in [3.63, 3.8) is 0 Å². The molecule has 0 aliphatic carbocycles. The molecule has 2 heterocycles. The fourth-order valence-corrected chi connectivity index (χ4v) is 4.15. The molecule has 1 atom stereocenters. The molecule has 0 radical (unpaired) electrons. The lowest BCUT2D eigenvalue weighted by atomic mass is 10.0. The monoisotopic (exact) mass is 420 g/mol. The van der Waals surface area contributed by atoms with E-state index >= 15 is 0 Å². The maximum Gasteiger partial charge on any atom is 0.261 e. The van der Waals surface area contributed by atoms with Gasteiger partial charge in [0.15, 0.2) is 0 Å². The third kappa shape index (κ3) is 4.94. The molecular formula is C24H28N4O3. The summed E-state index contributed by atoms with van der Waals surface area (Å²) in [5.41, 5.74) is 1.68. The number of benzene rings is 2. The predicted octanol–water partition coefficient (Wildman–Crippen LogP) is 2.75. The number of nitrogens with one attached hydrogen (secondary N) is 1. The van der Waals surface area contributed by atoms with Crippen molar-refractivity contribution in [2.45, 2.75) is 31.8 Å². The van der Waals surface area contributed by atoms with E-state index in [1.54, 1.807) is 13.2 Å². The number of rotatable bonds is 8. The van der Waals surface area contributed by atoms with Crippen molar-refractivity contribution in [2.24, 2.45) is 0 Å². The SMILES string of the molecule is COc1cccc(C(CNC(=O)CCn2cnc3ccccc3c2=O)N2CCCC2)c1. The normalized spacial score (nSPS) is 15.1. The van der Waals surface area contributed by atoms with Gasteiger partial charge in [0.1, 0.15) is 5.75 Å². The Balaban J connectivity index is 1.40. The van der Waals surface area contributed by atoms with Gasteiger partial charge in [0.25, 0.3) is 5.56 Å². The second-order valence-electron chi connectivity index (χ2n) is 7.85. The molecule has 7 heteroatoms. The third-order valence-corrected chi connectivity index (χ3v) is 5.86. The van der Waals surface area contributed by atoms with E-state index in [2.05, 4.69) is 21.3 Å². The van der Waals surface area contributed by atoms with Crippen molar-refractivity contribution in [2.75, 3.05) is 26.7 Å². The number of aromatic nitrogens is 2. The van der Waals surface area contributed by atoms with E-state index in [0.717, 1.165) is 24.4 Å². The average molecular weight is 421 g/mol. The number of fused-ring (bicyclic) bond motifs is 1. The second kappa shape index (κ2) is 9.75. The molecule has 0 spiro atoms. The molecule has 1 fully saturated rings. The summed E-state index contributed by atoms with van der Waals surface area (Å²) in [7, 11) is 1.66. The Morgan fingerprint density at radius 2 is 1.97 bits per heavy atom. The van der Waals surface area contributed by atoms with Crippen LogP contribution in [0.3, 0.4) is 0 Å². The van der Waals surface area contributed by atoms with Crippen LogP contribution in [0.5, 0.6) is 5.75 Å². The summed E-state index contributed by atoms with van der Waals surface area (Å²) in [6.45, 7) is 2.87. The summed E-state index contributed by atoms with van der Waals surface area (Å²) < 4.78 is 6.88. The second-order valence-corrected chi connectivity index (χ2v) is 7.85. The van der Waals surface area contributed by atoms with E-state index in [-0.39, 0.29) is 23.9 Å². The molecule has 1 amide bonds. The molecule has 162 valence electrons. The van der Waals surface area contributed by atoms with Gasteiger partial charge in [0.2, 0.25) is 5.91 Å². The summed E-state index contributed by atoms with van der Waals surface area (Å²) in [6, 6.07) is 15.4. The number of ether oxygens (including phenoxy) is 1. The lowest BCUT2D eigenvalue weighted by Crippen LogP contribution is -2.37. The van der Waals surface area contributed by atoms with Gasteiger partial charge in [-0.1, -0.05) is 24.3 Å². The van der Waals surface area contributed by atoms with E-state index in [9.17, 15) is 9.59 Å². The molecule has 1 aliphatic heterocycles. The van der Waals surface area contributed by atoms with Crippen molar-refractivity contribution in [1.82, 2.24) is 19.8 Å². The highest BCUT2D eigenvalue weighted by atomic mass is 16.5. The van der Waals surface area contributed by atoms with E-state index in [1.807, 2.05) is 36.4 Å². The Bertz CT molecular complexity index is 1110. The van der Waals surface area contributed by atoms with Crippen molar-refractivity contribution in [3.8, 4) is 5.75 Å². The number of amides is 1. The molecule has 4 rings (SSSR count). The van der Waals surface area contributed by atoms with Crippen LogP contribution in [0.4, 0.5) is 0 Å². The van der Waals surface area contributed by atoms with Crippen molar-refractivity contribution < 1.29 is 9.53 Å². The zero-order chi connectivity index (χ0) is 21.6. The molecule has 1 N–H and O–H groups in total. The van der Waals surface area contributed by atoms with Crippen LogP contribution in [0.2, 0.25) is 0 Å². The van der Waals surface area contributed by atoms with Crippen LogP contribution in [-0.2, 0) is 11.3 Å². The number of likely N-dealkylation sites (tertiary alicyclic amines) is 1. The van der Waals surface area contributed by atoms with E-state index < -0.39 is 0 Å². The quantitative estimate of drug-likeness (QED) is 0.606. The van der Waals surface area contributed by atoms with Gasteiger partial charge in [0.05, 0.1) is 30.4 Å². The molecule has 31 heavy (non-hydrogen) atoms. The van der Waals surface area contributed by atoms with Gasteiger partial charge in [0, 0.05) is 19.5 Å². The van der Waals surface area contributed by atoms with Crippen LogP contribution in [0.1, 0.15) is 30.9 Å². The zero-order valence-electron chi connectivity index (χ0n) is 17.8. The first-order valence-corrected chi connectivity index (χ1v) is 10.7. The zero-order valence-corrected chi connectivity index (χ0v) is 17.8. The molecule has 1 aliphatic rings. The number of carbonyl (C=O) groups excluding carboxylic acids is 1. The van der Waals surface area contributed by atoms with Gasteiger partial charge in [-0.05, 0) is 55.8 Å². The van der Waals surface area contributed by atoms with Gasteiger partial charge in [-0.15, -0.1) is 0 Å². The number of carbonyl (C=O) groups is 1. The first-order chi connectivity index (χ1) is 15.2. The Labute approximate surface area is 181 Å². The minimum absolute atomic E-state index is 0.0767. The van der Waals surface area contributed by atoms with Crippen LogP contribution in [-0.4, -0.2) is 47.1 Å². The topological polar surface area (TPSA) is 76.5 Å². The van der Waals surface area contributed by atoms with Crippen LogP contribution >= 0.6 is 0 Å². The van der Waals surface area contributed by atoms with Crippen LogP contribution in [0, 0.1) is 0 Å². The van der Waals surface area contributed by atoms with Gasteiger partial charge in [-0.25, -0.2) is 4.98 Å². The summed E-state index contributed by atoms with van der Waals surface area (Å²) in [5.74, 6) is 0.739. The lowest BCUT2D eigenvalue weighted by molar-refractivity contribution is -0.121. The summed E-state index contributed by atoms with van der Waals surface area (Å²) in [4.78, 5) is 31.9. The smallest absolute Gasteiger partial charge is 0.261 e. The van der Waals surface area contributed by atoms with Crippen molar-refractivity contribution in [1.29, 1.82) is 0 Å². The Morgan fingerprint density at radius 3 is 2.77 bits per heavy atom. The fraction of sp³-hybridized carbons (Fsp3) is 0.375. The van der Waals surface area contributed by atoms with Crippen LogP contribution in [0.15, 0.2) is 59.7 Å². The summed E-state index contributed by atoms with van der Waals surface area (Å²) in [5, 5.41) is 3.63. The Morgan fingerprint density at radius 1 is 1.16 bits per heavy atom. The Hall–Kier alpha value is -3.19. The fourth-order valence-electron chi connectivity index (χ4n) is 4.15. The molecule has 1 aromatic heterocycles. The minimum Gasteiger partial charge on any atom is -0.497 e. The number of hydrogen-bond acceptors (Lipinski definition) is 5. The number of methoxy groups -OCH3 is 1. The van der Waals surface area contributed by atoms with E-state index in [1.165, 1.54) is 23.7 Å². The van der Waals surface area contributed by atoms with Crippen molar-refractivity contribution >= 4 is 16.8 Å². The highest BCUT2D eigenvalue weighted by Crippen LogP contribution is 2.27. The lowest BCUT2D eigenvalue weighted by Gasteiger charge is -2.28. The molecule has 3 aromatic rings. The molecule has 1 unspecified atom stereocenters. The predicted molar refractivity (Wildman–Crippen MR) is 120 cm³/mol. The Kier molecular flexibility index (Phi) is 6.62. The molecule has 0 bridgehead atoms. The molecule has 1 saturated heterocycles. The van der Waals surface area contributed by atoms with Gasteiger partial charge >= 0.3 is 0 Å². The molecule has 2 aromatic carbocycles. The first-order valence-electron chi connectivity index (χ1n) is 10.7. The molecular weight excluding hydrogens is 392 g/mol. The number of hydrogen-bond donors (Lipinski definition) is 1. The molecule has 0 saturated carbocycles. The van der Waals surface area contributed by atoms with Crippen molar-refractivity contribution in [3.05, 3.63) is 70.8 Å². The van der Waals surface area contributed by atoms with Crippen LogP contribution < -0.4 is 15.6 Å². The van der Waals surface area contributed by atoms with Gasteiger partial charge in [-0.3, -0.25) is 19.1 Å². The first kappa shape index (κ1) is 21.1. The summed E-state index contributed by atoms with van der Waals surface area (Å²) >= 11 is 0. The van der Waals surface area contributed by atoms with Gasteiger partial charge < -0.3 is 10.1 Å². The number of nitrogens with zero attached hydrogens (tertiary/aromatic N) is 3. The third-order valence-electron chi connectivity index (χ3n) is 5.86.